The molecule has 2 heteroatoms. The summed E-state index contributed by atoms with van der Waals surface area (Å²) in [6.07, 6.45) is 12.8. The highest BCUT2D eigenvalue weighted by Gasteiger charge is 2.39. The summed E-state index contributed by atoms with van der Waals surface area (Å²) in [5.41, 5.74) is 0. The molecule has 1 nitrogen and oxygen atoms in total. The lowest BCUT2D eigenvalue weighted by Crippen LogP contribution is -2.38. The summed E-state index contributed by atoms with van der Waals surface area (Å²) < 4.78 is 0. The van der Waals surface area contributed by atoms with Crippen LogP contribution in [0.1, 0.15) is 44.9 Å². The van der Waals surface area contributed by atoms with Gasteiger partial charge in [-0.15, -0.1) is 0 Å². The van der Waals surface area contributed by atoms with Gasteiger partial charge >= 0.3 is 0 Å². The number of rotatable bonds is 4. The van der Waals surface area contributed by atoms with Crippen LogP contribution in [0.2, 0.25) is 0 Å². The summed E-state index contributed by atoms with van der Waals surface area (Å²) in [5.74, 6) is 3.23. The maximum Gasteiger partial charge on any atom is 0.0198 e. The number of nitrogens with one attached hydrogen (secondary N) is 1. The van der Waals surface area contributed by atoms with E-state index >= 15 is 0 Å². The van der Waals surface area contributed by atoms with E-state index in [1.165, 1.54) is 45.1 Å². The minimum Gasteiger partial charge on any atom is -0.313 e. The van der Waals surface area contributed by atoms with Crippen molar-refractivity contribution in [1.82, 2.24) is 5.32 Å². The molecule has 0 radical (unpaired) electrons. The molecule has 0 saturated heterocycles. The van der Waals surface area contributed by atoms with Gasteiger partial charge in [-0.2, -0.15) is 11.8 Å². The Morgan fingerprint density at radius 3 is 2.75 bits per heavy atom. The Balaban J connectivity index is 1.46. The Labute approximate surface area is 104 Å². The minimum absolute atomic E-state index is 0.828. The van der Waals surface area contributed by atoms with Gasteiger partial charge in [0.2, 0.25) is 0 Å². The zero-order valence-corrected chi connectivity index (χ0v) is 11.3. The van der Waals surface area contributed by atoms with Crippen LogP contribution in [0.15, 0.2) is 0 Å². The molecule has 3 rings (SSSR count). The first-order chi connectivity index (χ1) is 7.86. The zero-order chi connectivity index (χ0) is 11.0. The lowest BCUT2D eigenvalue weighted by atomic mass is 9.88. The van der Waals surface area contributed by atoms with E-state index < -0.39 is 0 Å². The third-order valence-corrected chi connectivity index (χ3v) is 6.45. The van der Waals surface area contributed by atoms with Crippen LogP contribution < -0.4 is 5.32 Å². The number of fused-ring (bicyclic) bond motifs is 2. The average molecular weight is 239 g/mol. The molecule has 0 amide bonds. The zero-order valence-electron chi connectivity index (χ0n) is 10.5. The second kappa shape index (κ2) is 4.89. The molecular formula is C14H25NS. The molecule has 2 bridgehead atoms. The van der Waals surface area contributed by atoms with Gasteiger partial charge in [0.05, 0.1) is 0 Å². The molecule has 5 unspecified atom stereocenters. The van der Waals surface area contributed by atoms with Crippen molar-refractivity contribution in [1.29, 1.82) is 0 Å². The van der Waals surface area contributed by atoms with Crippen molar-refractivity contribution in [3.8, 4) is 0 Å². The van der Waals surface area contributed by atoms with E-state index in [1.54, 1.807) is 6.42 Å². The normalized spacial score (nSPS) is 46.7. The predicted octanol–water partition coefficient (Wildman–Crippen LogP) is 3.30. The Bertz CT molecular complexity index is 237. The van der Waals surface area contributed by atoms with E-state index in [2.05, 4.69) is 23.3 Å². The van der Waals surface area contributed by atoms with Gasteiger partial charge in [-0.1, -0.05) is 12.8 Å². The molecule has 0 aromatic rings. The summed E-state index contributed by atoms with van der Waals surface area (Å²) in [6.45, 7) is 1.32. The fourth-order valence-electron chi connectivity index (χ4n) is 4.37. The Morgan fingerprint density at radius 1 is 1.12 bits per heavy atom. The highest BCUT2D eigenvalue weighted by Crippen LogP contribution is 2.48. The largest absolute Gasteiger partial charge is 0.313 e. The van der Waals surface area contributed by atoms with Crippen molar-refractivity contribution in [3.05, 3.63) is 0 Å². The van der Waals surface area contributed by atoms with E-state index in [0.29, 0.717) is 0 Å². The first-order valence-electron chi connectivity index (χ1n) is 7.13. The molecule has 3 aliphatic carbocycles. The monoisotopic (exact) mass is 239 g/mol. The van der Waals surface area contributed by atoms with Crippen LogP contribution in [0.3, 0.4) is 0 Å². The highest BCUT2D eigenvalue weighted by molar-refractivity contribution is 7.99. The SMILES string of the molecule is CSC1CCCC1NCC1CC2CCC1C2. The van der Waals surface area contributed by atoms with Crippen LogP contribution in [0.25, 0.3) is 0 Å². The van der Waals surface area contributed by atoms with E-state index in [1.807, 2.05) is 0 Å². The Morgan fingerprint density at radius 2 is 2.06 bits per heavy atom. The van der Waals surface area contributed by atoms with Crippen LogP contribution >= 0.6 is 11.8 Å². The van der Waals surface area contributed by atoms with Gasteiger partial charge in [0, 0.05) is 11.3 Å². The van der Waals surface area contributed by atoms with Crippen molar-refractivity contribution in [3.63, 3.8) is 0 Å². The van der Waals surface area contributed by atoms with Crippen LogP contribution in [0.5, 0.6) is 0 Å². The van der Waals surface area contributed by atoms with Crippen LogP contribution in [0, 0.1) is 17.8 Å². The predicted molar refractivity (Wildman–Crippen MR) is 71.9 cm³/mol. The van der Waals surface area contributed by atoms with E-state index in [-0.39, 0.29) is 0 Å². The molecule has 0 aromatic carbocycles. The van der Waals surface area contributed by atoms with E-state index in [9.17, 15) is 0 Å². The lowest BCUT2D eigenvalue weighted by molar-refractivity contribution is 0.307. The van der Waals surface area contributed by atoms with Crippen LogP contribution in [-0.2, 0) is 0 Å². The van der Waals surface area contributed by atoms with Crippen molar-refractivity contribution in [2.45, 2.75) is 56.2 Å². The third kappa shape index (κ3) is 2.15. The van der Waals surface area contributed by atoms with Gasteiger partial charge in [-0.25, -0.2) is 0 Å². The van der Waals surface area contributed by atoms with Crippen molar-refractivity contribution in [2.75, 3.05) is 12.8 Å². The Hall–Kier alpha value is 0.310. The molecule has 0 aliphatic heterocycles. The molecule has 92 valence electrons. The second-order valence-corrected chi connectivity index (χ2v) is 7.23. The summed E-state index contributed by atoms with van der Waals surface area (Å²) in [7, 11) is 0. The average Bonchev–Trinajstić information content (AvgIpc) is 3.01. The van der Waals surface area contributed by atoms with Crippen molar-refractivity contribution < 1.29 is 0 Å². The minimum atomic E-state index is 0.828. The molecule has 3 aliphatic rings. The van der Waals surface area contributed by atoms with Gasteiger partial charge in [0.1, 0.15) is 0 Å². The summed E-state index contributed by atoms with van der Waals surface area (Å²) in [5, 5.41) is 4.79. The first-order valence-corrected chi connectivity index (χ1v) is 8.41. The maximum absolute atomic E-state index is 3.89. The molecule has 0 spiro atoms. The van der Waals surface area contributed by atoms with Crippen molar-refractivity contribution in [2.24, 2.45) is 17.8 Å². The number of hydrogen-bond acceptors (Lipinski definition) is 2. The summed E-state index contributed by atoms with van der Waals surface area (Å²) >= 11 is 2.08. The fourth-order valence-corrected chi connectivity index (χ4v) is 5.33. The summed E-state index contributed by atoms with van der Waals surface area (Å²) in [6, 6.07) is 0.828. The third-order valence-electron chi connectivity index (χ3n) is 5.28. The number of thioether (sulfide) groups is 1. The molecule has 3 fully saturated rings. The number of hydrogen-bond donors (Lipinski definition) is 1. The van der Waals surface area contributed by atoms with Gasteiger partial charge in [-0.3, -0.25) is 0 Å². The van der Waals surface area contributed by atoms with Gasteiger partial charge in [-0.05, 0) is 62.7 Å². The second-order valence-electron chi connectivity index (χ2n) is 6.15. The van der Waals surface area contributed by atoms with Crippen LogP contribution in [0.4, 0.5) is 0 Å². The fraction of sp³-hybridized carbons (Fsp3) is 1.00. The summed E-state index contributed by atoms with van der Waals surface area (Å²) in [4.78, 5) is 0. The maximum atomic E-state index is 3.89. The standard InChI is InChI=1S/C14H25NS/c1-16-14-4-2-3-13(14)15-9-12-8-10-5-6-11(12)7-10/h10-15H,2-9H2,1H3. The molecule has 3 saturated carbocycles. The molecule has 0 heterocycles. The molecule has 1 N–H and O–H groups in total. The van der Waals surface area contributed by atoms with Gasteiger partial charge < -0.3 is 5.32 Å². The quantitative estimate of drug-likeness (QED) is 0.808. The smallest absolute Gasteiger partial charge is 0.0198 e. The molecule has 16 heavy (non-hydrogen) atoms. The lowest BCUT2D eigenvalue weighted by Gasteiger charge is -2.26. The first kappa shape index (κ1) is 11.4. The topological polar surface area (TPSA) is 12.0 Å². The van der Waals surface area contributed by atoms with Crippen molar-refractivity contribution >= 4 is 11.8 Å². The van der Waals surface area contributed by atoms with Gasteiger partial charge in [0.15, 0.2) is 0 Å². The van der Waals surface area contributed by atoms with Gasteiger partial charge in [0.25, 0.3) is 0 Å². The highest BCUT2D eigenvalue weighted by atomic mass is 32.2. The molecule has 5 atom stereocenters. The molecule has 0 aromatic heterocycles. The Kier molecular flexibility index (Phi) is 3.49. The molecular weight excluding hydrogens is 214 g/mol. The van der Waals surface area contributed by atoms with E-state index in [0.717, 1.165) is 29.0 Å². The van der Waals surface area contributed by atoms with Crippen LogP contribution in [-0.4, -0.2) is 24.1 Å². The van der Waals surface area contributed by atoms with E-state index in [4.69, 9.17) is 0 Å².